The quantitative estimate of drug-likeness (QED) is 0.473. The van der Waals surface area contributed by atoms with Crippen molar-refractivity contribution >= 4 is 22.8 Å². The second kappa shape index (κ2) is 10.1. The Hall–Kier alpha value is -2.64. The lowest BCUT2D eigenvalue weighted by molar-refractivity contribution is -0.135. The standard InChI is InChI=1S/C26H37N5O2/c1-5-12-30-17-19(25(32)31(6-2)26(33)27-11-8-13-29(3)4)14-21-20-9-7-10-22-24(20)18(16-28-22)15-23(21)30/h5,7,9-10,16,19,21,23,28H,1,6,8,11-15,17H2,2-4H3,(H,27,33)/t19-,21-,23-/m1/s1/i1D2,5D,12D2. The molecule has 2 aromatic rings. The maximum Gasteiger partial charge on any atom is 0.324 e. The van der Waals surface area contributed by atoms with E-state index in [1.54, 1.807) is 6.92 Å². The molecule has 1 fully saturated rings. The Morgan fingerprint density at radius 1 is 1.45 bits per heavy atom. The van der Waals surface area contributed by atoms with Crippen LogP contribution in [-0.2, 0) is 11.2 Å². The van der Waals surface area contributed by atoms with Crippen molar-refractivity contribution in [2.24, 2.45) is 5.92 Å². The van der Waals surface area contributed by atoms with Crippen LogP contribution in [0.1, 0.15) is 43.7 Å². The molecule has 1 aromatic heterocycles. The van der Waals surface area contributed by atoms with Crippen molar-refractivity contribution in [1.82, 2.24) is 25.0 Å². The van der Waals surface area contributed by atoms with Gasteiger partial charge in [0.2, 0.25) is 5.91 Å². The van der Waals surface area contributed by atoms with Crippen molar-refractivity contribution in [3.05, 3.63) is 48.1 Å². The van der Waals surface area contributed by atoms with Crippen LogP contribution in [-0.4, -0.2) is 84.4 Å². The van der Waals surface area contributed by atoms with E-state index in [2.05, 4.69) is 10.3 Å². The highest BCUT2D eigenvalue weighted by atomic mass is 16.2. The molecule has 178 valence electrons. The second-order valence-corrected chi connectivity index (χ2v) is 9.25. The van der Waals surface area contributed by atoms with Crippen LogP contribution in [0.4, 0.5) is 4.79 Å². The van der Waals surface area contributed by atoms with Crippen LogP contribution in [0.15, 0.2) is 37.0 Å². The number of hydrogen-bond acceptors (Lipinski definition) is 4. The van der Waals surface area contributed by atoms with Crippen LogP contribution in [0.3, 0.4) is 0 Å². The number of nitrogens with one attached hydrogen (secondary N) is 2. The van der Waals surface area contributed by atoms with E-state index in [0.717, 1.165) is 35.0 Å². The Morgan fingerprint density at radius 2 is 2.30 bits per heavy atom. The normalized spacial score (nSPS) is 24.7. The summed E-state index contributed by atoms with van der Waals surface area (Å²) in [5.74, 6) is -1.28. The number of nitrogens with zero attached hydrogens (tertiary/aromatic N) is 3. The lowest BCUT2D eigenvalue weighted by Crippen LogP contribution is -2.55. The number of benzene rings is 1. The van der Waals surface area contributed by atoms with Gasteiger partial charge in [0.15, 0.2) is 0 Å². The number of aromatic amines is 1. The monoisotopic (exact) mass is 456 g/mol. The molecule has 33 heavy (non-hydrogen) atoms. The molecule has 0 bridgehead atoms. The SMILES string of the molecule is [2H]C([2H])=C([2H])C([2H])([2H])N1C[C@H](C(=O)N(CC)C(=O)NCCCN(C)C)C[C@@H]2c3cccc4[nH]cc(c34)C[C@H]21. The molecule has 3 amide bonds. The number of carbonyl (C=O) groups excluding carboxylic acids is 2. The molecule has 1 aliphatic heterocycles. The van der Waals surface area contributed by atoms with E-state index >= 15 is 0 Å². The first-order chi connectivity index (χ1) is 18.0. The zero-order valence-corrected chi connectivity index (χ0v) is 19.6. The minimum Gasteiger partial charge on any atom is -0.361 e. The van der Waals surface area contributed by atoms with E-state index in [1.165, 1.54) is 9.80 Å². The molecule has 2 aliphatic rings. The highest BCUT2D eigenvalue weighted by Crippen LogP contribution is 2.45. The third-order valence-corrected chi connectivity index (χ3v) is 6.90. The van der Waals surface area contributed by atoms with Gasteiger partial charge in [-0.1, -0.05) is 18.2 Å². The summed E-state index contributed by atoms with van der Waals surface area (Å²) in [7, 11) is 3.91. The van der Waals surface area contributed by atoms with Gasteiger partial charge in [0.05, 0.1) is 10.0 Å². The average molecular weight is 457 g/mol. The molecule has 0 saturated carbocycles. The zero-order valence-electron chi connectivity index (χ0n) is 24.6. The Bertz CT molecular complexity index is 1230. The van der Waals surface area contributed by atoms with Crippen molar-refractivity contribution < 1.29 is 16.4 Å². The zero-order chi connectivity index (χ0) is 27.8. The Morgan fingerprint density at radius 3 is 3.06 bits per heavy atom. The summed E-state index contributed by atoms with van der Waals surface area (Å²) in [6.45, 7) is -0.166. The van der Waals surface area contributed by atoms with Gasteiger partial charge >= 0.3 is 6.03 Å². The molecular weight excluding hydrogens is 414 g/mol. The number of carbonyl (C=O) groups is 2. The molecular formula is C26H37N5O2. The van der Waals surface area contributed by atoms with Gasteiger partial charge in [0.1, 0.15) is 0 Å². The van der Waals surface area contributed by atoms with Gasteiger partial charge in [0, 0.05) is 57.9 Å². The van der Waals surface area contributed by atoms with E-state index in [-0.39, 0.29) is 31.0 Å². The maximum atomic E-state index is 13.8. The molecule has 3 atom stereocenters. The van der Waals surface area contributed by atoms with Gasteiger partial charge in [-0.15, -0.1) is 6.53 Å². The van der Waals surface area contributed by atoms with Crippen LogP contribution in [0.2, 0.25) is 0 Å². The third-order valence-electron chi connectivity index (χ3n) is 6.90. The summed E-state index contributed by atoms with van der Waals surface area (Å²) in [6, 6.07) is 4.36. The molecule has 4 rings (SSSR count). The summed E-state index contributed by atoms with van der Waals surface area (Å²) in [5.41, 5.74) is 3.03. The fraction of sp³-hybridized carbons (Fsp3) is 0.538. The number of fused-ring (bicyclic) bond motifs is 2. The number of likely N-dealkylation sites (tertiary alicyclic amines) is 1. The maximum absolute atomic E-state index is 13.8. The lowest BCUT2D eigenvalue weighted by atomic mass is 9.72. The molecule has 2 heterocycles. The fourth-order valence-electron chi connectivity index (χ4n) is 5.38. The van der Waals surface area contributed by atoms with Crippen LogP contribution >= 0.6 is 0 Å². The number of piperidine rings is 1. The molecule has 2 N–H and O–H groups in total. The Balaban J connectivity index is 1.66. The predicted molar refractivity (Wildman–Crippen MR) is 132 cm³/mol. The van der Waals surface area contributed by atoms with E-state index in [0.29, 0.717) is 19.4 Å². The Labute approximate surface area is 203 Å². The second-order valence-electron chi connectivity index (χ2n) is 9.25. The van der Waals surface area contributed by atoms with Gasteiger partial charge in [-0.2, -0.15) is 0 Å². The lowest BCUT2D eigenvalue weighted by Gasteiger charge is -2.47. The predicted octanol–water partition coefficient (Wildman–Crippen LogP) is 3.19. The highest BCUT2D eigenvalue weighted by molar-refractivity contribution is 5.96. The number of aromatic nitrogens is 1. The van der Waals surface area contributed by atoms with Gasteiger partial charge in [0.25, 0.3) is 0 Å². The minimum absolute atomic E-state index is 0.0111. The van der Waals surface area contributed by atoms with Crippen molar-refractivity contribution in [2.75, 3.05) is 46.8 Å². The molecule has 7 heteroatoms. The number of hydrogen-bond donors (Lipinski definition) is 2. The molecule has 1 aliphatic carbocycles. The van der Waals surface area contributed by atoms with Gasteiger partial charge in [-0.05, 0) is 64.0 Å². The van der Waals surface area contributed by atoms with Crippen molar-refractivity contribution in [2.45, 2.75) is 38.1 Å². The van der Waals surface area contributed by atoms with E-state index in [9.17, 15) is 9.59 Å². The summed E-state index contributed by atoms with van der Waals surface area (Å²) >= 11 is 0. The first kappa shape index (κ1) is 17.8. The first-order valence-corrected chi connectivity index (χ1v) is 11.7. The van der Waals surface area contributed by atoms with Crippen LogP contribution in [0.25, 0.3) is 10.9 Å². The molecule has 1 aromatic carbocycles. The molecule has 0 unspecified atom stereocenters. The van der Waals surface area contributed by atoms with Crippen LogP contribution in [0, 0.1) is 5.92 Å². The van der Waals surface area contributed by atoms with E-state index in [1.807, 2.05) is 43.4 Å². The summed E-state index contributed by atoms with van der Waals surface area (Å²) in [6.07, 6.45) is 3.63. The summed E-state index contributed by atoms with van der Waals surface area (Å²) in [4.78, 5) is 34.7. The smallest absolute Gasteiger partial charge is 0.324 e. The Kier molecular flexibility index (Phi) is 5.44. The fourth-order valence-corrected chi connectivity index (χ4v) is 5.38. The number of urea groups is 1. The van der Waals surface area contributed by atoms with Gasteiger partial charge in [-0.25, -0.2) is 4.79 Å². The van der Waals surface area contributed by atoms with Crippen molar-refractivity contribution in [3.8, 4) is 0 Å². The first-order valence-electron chi connectivity index (χ1n) is 14.2. The van der Waals surface area contributed by atoms with Gasteiger partial charge in [-0.3, -0.25) is 14.6 Å². The number of H-pyrrole nitrogens is 1. The van der Waals surface area contributed by atoms with Crippen LogP contribution in [0.5, 0.6) is 0 Å². The summed E-state index contributed by atoms with van der Waals surface area (Å²) < 4.78 is 41.0. The van der Waals surface area contributed by atoms with Crippen molar-refractivity contribution in [3.63, 3.8) is 0 Å². The van der Waals surface area contributed by atoms with Crippen molar-refractivity contribution in [1.29, 1.82) is 0 Å². The van der Waals surface area contributed by atoms with E-state index in [4.69, 9.17) is 6.85 Å². The number of rotatable bonds is 8. The van der Waals surface area contributed by atoms with Gasteiger partial charge < -0.3 is 15.2 Å². The number of amides is 3. The topological polar surface area (TPSA) is 71.7 Å². The molecule has 0 spiro atoms. The average Bonchev–Trinajstić information content (AvgIpc) is 3.29. The molecule has 1 saturated heterocycles. The highest BCUT2D eigenvalue weighted by Gasteiger charge is 2.43. The molecule has 0 radical (unpaired) electrons. The number of imide groups is 1. The summed E-state index contributed by atoms with van der Waals surface area (Å²) in [5, 5.41) is 3.91. The van der Waals surface area contributed by atoms with E-state index < -0.39 is 31.0 Å². The minimum atomic E-state index is -2.42. The third kappa shape index (κ3) is 4.70. The molecule has 7 nitrogen and oxygen atoms in total. The van der Waals surface area contributed by atoms with Crippen LogP contribution < -0.4 is 5.32 Å². The largest absolute Gasteiger partial charge is 0.361 e.